The maximum atomic E-state index is 14.5. The van der Waals surface area contributed by atoms with Crippen LogP contribution in [0.5, 0.6) is 0 Å². The predicted octanol–water partition coefficient (Wildman–Crippen LogP) is 3.64. The fraction of sp³-hybridized carbons (Fsp3) is 0.348. The zero-order valence-corrected chi connectivity index (χ0v) is 18.3. The Kier molecular flexibility index (Phi) is 8.20. The average molecular weight is 443 g/mol. The molecule has 1 unspecified atom stereocenters. The van der Waals surface area contributed by atoms with E-state index in [0.29, 0.717) is 24.0 Å². The lowest BCUT2D eigenvalue weighted by atomic mass is 10.2. The summed E-state index contributed by atoms with van der Waals surface area (Å²) in [7, 11) is 0. The summed E-state index contributed by atoms with van der Waals surface area (Å²) in [6.07, 6.45) is 3.93. The molecule has 0 aliphatic carbocycles. The second kappa shape index (κ2) is 11.1. The van der Waals surface area contributed by atoms with Crippen LogP contribution in [0.2, 0.25) is 0 Å². The van der Waals surface area contributed by atoms with Crippen LogP contribution in [0.4, 0.5) is 4.39 Å². The van der Waals surface area contributed by atoms with Gasteiger partial charge in [0.15, 0.2) is 5.16 Å². The zero-order valence-electron chi connectivity index (χ0n) is 17.5. The van der Waals surface area contributed by atoms with Gasteiger partial charge in [0, 0.05) is 6.54 Å². The van der Waals surface area contributed by atoms with Crippen molar-refractivity contribution in [1.29, 1.82) is 0 Å². The van der Waals surface area contributed by atoms with Gasteiger partial charge in [-0.3, -0.25) is 14.2 Å². The SMILES string of the molecule is CC(Sc1nc2ccccc2c(=O)n1-c1ccccc1F)C(=O)NCCCCCCN. The number of hydrogen-bond donors (Lipinski definition) is 2. The van der Waals surface area contributed by atoms with Crippen LogP contribution in [0.1, 0.15) is 32.6 Å². The Bertz CT molecular complexity index is 1100. The lowest BCUT2D eigenvalue weighted by Gasteiger charge is -2.17. The van der Waals surface area contributed by atoms with Crippen LogP contribution in [0.15, 0.2) is 58.5 Å². The summed E-state index contributed by atoms with van der Waals surface area (Å²) in [6, 6.07) is 13.0. The van der Waals surface area contributed by atoms with Gasteiger partial charge in [-0.25, -0.2) is 9.37 Å². The van der Waals surface area contributed by atoms with Crippen molar-refractivity contribution in [3.05, 3.63) is 64.7 Å². The van der Waals surface area contributed by atoms with Gasteiger partial charge < -0.3 is 11.1 Å². The van der Waals surface area contributed by atoms with E-state index in [1.807, 2.05) is 0 Å². The number of thioether (sulfide) groups is 1. The van der Waals surface area contributed by atoms with Crippen molar-refractivity contribution in [3.8, 4) is 5.69 Å². The number of aromatic nitrogens is 2. The number of carbonyl (C=O) groups is 1. The molecule has 31 heavy (non-hydrogen) atoms. The van der Waals surface area contributed by atoms with Crippen LogP contribution >= 0.6 is 11.8 Å². The summed E-state index contributed by atoms with van der Waals surface area (Å²) in [5.74, 6) is -0.676. The predicted molar refractivity (Wildman–Crippen MR) is 123 cm³/mol. The van der Waals surface area contributed by atoms with Crippen LogP contribution in [0.3, 0.4) is 0 Å². The number of carbonyl (C=O) groups excluding carboxylic acids is 1. The highest BCUT2D eigenvalue weighted by atomic mass is 32.2. The highest BCUT2D eigenvalue weighted by Crippen LogP contribution is 2.26. The molecule has 3 rings (SSSR count). The monoisotopic (exact) mass is 442 g/mol. The molecule has 1 atom stereocenters. The lowest BCUT2D eigenvalue weighted by molar-refractivity contribution is -0.120. The Labute approximate surface area is 185 Å². The standard InChI is InChI=1S/C23H27FN4O2S/c1-16(21(29)26-15-9-3-2-8-14-25)31-23-27-19-12-6-4-10-17(19)22(30)28(23)20-13-7-5-11-18(20)24/h4-7,10-13,16H,2-3,8-9,14-15,25H2,1H3,(H,26,29). The van der Waals surface area contributed by atoms with Gasteiger partial charge in [-0.15, -0.1) is 0 Å². The number of nitrogens with two attached hydrogens (primary N) is 1. The second-order valence-electron chi connectivity index (χ2n) is 7.26. The molecule has 0 radical (unpaired) electrons. The first-order valence-corrected chi connectivity index (χ1v) is 11.3. The number of halogens is 1. The highest BCUT2D eigenvalue weighted by Gasteiger charge is 2.21. The molecule has 1 aromatic heterocycles. The Morgan fingerprint density at radius 1 is 1.13 bits per heavy atom. The van der Waals surface area contributed by atoms with Crippen molar-refractivity contribution < 1.29 is 9.18 Å². The van der Waals surface area contributed by atoms with Gasteiger partial charge in [0.2, 0.25) is 5.91 Å². The Hall–Kier alpha value is -2.71. The Morgan fingerprint density at radius 3 is 2.61 bits per heavy atom. The van der Waals surface area contributed by atoms with E-state index in [-0.39, 0.29) is 22.3 Å². The van der Waals surface area contributed by atoms with Crippen LogP contribution in [-0.4, -0.2) is 33.8 Å². The minimum Gasteiger partial charge on any atom is -0.355 e. The van der Waals surface area contributed by atoms with Gasteiger partial charge in [0.25, 0.3) is 5.56 Å². The molecule has 8 heteroatoms. The summed E-state index contributed by atoms with van der Waals surface area (Å²) in [4.78, 5) is 30.3. The van der Waals surface area contributed by atoms with E-state index in [2.05, 4.69) is 10.3 Å². The van der Waals surface area contributed by atoms with Gasteiger partial charge in [0.1, 0.15) is 5.82 Å². The van der Waals surface area contributed by atoms with Gasteiger partial charge in [0.05, 0.1) is 21.8 Å². The largest absolute Gasteiger partial charge is 0.355 e. The van der Waals surface area contributed by atoms with E-state index in [4.69, 9.17) is 5.73 Å². The smallest absolute Gasteiger partial charge is 0.266 e. The number of nitrogens with one attached hydrogen (secondary N) is 1. The molecule has 0 fully saturated rings. The van der Waals surface area contributed by atoms with E-state index in [1.54, 1.807) is 43.3 Å². The van der Waals surface area contributed by atoms with Gasteiger partial charge in [-0.2, -0.15) is 0 Å². The molecular weight excluding hydrogens is 415 g/mol. The van der Waals surface area contributed by atoms with Crippen molar-refractivity contribution in [2.24, 2.45) is 5.73 Å². The fourth-order valence-electron chi connectivity index (χ4n) is 3.23. The first-order chi connectivity index (χ1) is 15.0. The molecule has 3 aromatic rings. The number of benzene rings is 2. The summed E-state index contributed by atoms with van der Waals surface area (Å²) in [5, 5.41) is 3.09. The number of para-hydroxylation sites is 2. The maximum absolute atomic E-state index is 14.5. The molecule has 164 valence electrons. The number of hydrogen-bond acceptors (Lipinski definition) is 5. The molecule has 0 bridgehead atoms. The van der Waals surface area contributed by atoms with E-state index in [9.17, 15) is 14.0 Å². The number of amides is 1. The summed E-state index contributed by atoms with van der Waals surface area (Å²) in [6.45, 7) is 3.02. The van der Waals surface area contributed by atoms with Crippen LogP contribution in [-0.2, 0) is 4.79 Å². The molecule has 0 saturated heterocycles. The third-order valence-corrected chi connectivity index (χ3v) is 5.97. The van der Waals surface area contributed by atoms with Crippen molar-refractivity contribution >= 4 is 28.6 Å². The van der Waals surface area contributed by atoms with E-state index >= 15 is 0 Å². The first kappa shape index (κ1) is 23.0. The molecule has 0 aliphatic rings. The van der Waals surface area contributed by atoms with E-state index < -0.39 is 11.1 Å². The van der Waals surface area contributed by atoms with Gasteiger partial charge in [-0.05, 0) is 50.6 Å². The Morgan fingerprint density at radius 2 is 1.84 bits per heavy atom. The highest BCUT2D eigenvalue weighted by molar-refractivity contribution is 8.00. The van der Waals surface area contributed by atoms with Crippen molar-refractivity contribution in [1.82, 2.24) is 14.9 Å². The third-order valence-electron chi connectivity index (χ3n) is 4.92. The third kappa shape index (κ3) is 5.71. The molecule has 2 aromatic carbocycles. The molecule has 1 heterocycles. The zero-order chi connectivity index (χ0) is 22.2. The average Bonchev–Trinajstić information content (AvgIpc) is 2.77. The van der Waals surface area contributed by atoms with Crippen LogP contribution in [0, 0.1) is 5.82 Å². The molecule has 6 nitrogen and oxygen atoms in total. The minimum atomic E-state index is -0.530. The van der Waals surface area contributed by atoms with Gasteiger partial charge >= 0.3 is 0 Å². The van der Waals surface area contributed by atoms with Crippen molar-refractivity contribution in [2.75, 3.05) is 13.1 Å². The first-order valence-electron chi connectivity index (χ1n) is 10.4. The number of fused-ring (bicyclic) bond motifs is 1. The summed E-state index contributed by atoms with van der Waals surface area (Å²) in [5.41, 5.74) is 5.74. The van der Waals surface area contributed by atoms with E-state index in [0.717, 1.165) is 37.4 Å². The minimum absolute atomic E-state index is 0.112. The summed E-state index contributed by atoms with van der Waals surface area (Å²) >= 11 is 1.14. The molecule has 0 saturated carbocycles. The maximum Gasteiger partial charge on any atom is 0.266 e. The Balaban J connectivity index is 1.84. The van der Waals surface area contributed by atoms with Crippen LogP contribution < -0.4 is 16.6 Å². The van der Waals surface area contributed by atoms with Crippen molar-refractivity contribution in [3.63, 3.8) is 0 Å². The molecule has 0 aliphatic heterocycles. The summed E-state index contributed by atoms with van der Waals surface area (Å²) < 4.78 is 15.8. The molecule has 0 spiro atoms. The quantitative estimate of drug-likeness (QED) is 0.284. The lowest BCUT2D eigenvalue weighted by Crippen LogP contribution is -2.32. The second-order valence-corrected chi connectivity index (χ2v) is 8.57. The molecule has 1 amide bonds. The van der Waals surface area contributed by atoms with E-state index in [1.165, 1.54) is 16.7 Å². The van der Waals surface area contributed by atoms with Crippen LogP contribution in [0.25, 0.3) is 16.6 Å². The number of nitrogens with zero attached hydrogens (tertiary/aromatic N) is 2. The number of rotatable bonds is 10. The van der Waals surface area contributed by atoms with Crippen molar-refractivity contribution in [2.45, 2.75) is 43.0 Å². The van der Waals surface area contributed by atoms with Gasteiger partial charge in [-0.1, -0.05) is 48.9 Å². The fourth-order valence-corrected chi connectivity index (χ4v) is 4.17. The normalized spacial score (nSPS) is 12.1. The molecule has 3 N–H and O–H groups in total. The topological polar surface area (TPSA) is 90.0 Å². The molecular formula is C23H27FN4O2S. The number of unbranched alkanes of at least 4 members (excludes halogenated alkanes) is 3.